The summed E-state index contributed by atoms with van der Waals surface area (Å²) in [5, 5.41) is 0. The van der Waals surface area contributed by atoms with Crippen LogP contribution in [0, 0.1) is 45.1 Å². The number of allylic oxidation sites excluding steroid dienone is 1. The summed E-state index contributed by atoms with van der Waals surface area (Å²) in [6.45, 7) is 24.8. The van der Waals surface area contributed by atoms with E-state index in [9.17, 15) is 0 Å². The number of ether oxygens (including phenoxy) is 2. The predicted molar refractivity (Wildman–Crippen MR) is 94.5 cm³/mol. The standard InChI is InChI=1S/C16H18O2.5CO.Cr/c1-3-4-13-18-16-11-8-10-15(14-16)9-6-5-7-12-17-2;5*1-2;/h5,7-8,10-11,14H,6,9,13H2,1-2H3;;;;;;/b7-5+;;;;;;. The number of benzene rings is 1. The quantitative estimate of drug-likeness (QED) is 0.373. The SMILES string of the molecule is CC#CCOc1cccc(CC/C=C/[C](=[Cr])OC)c1.[C-]#[O+].[C-]#[O+].[C-]#[O+].[C-]#[O+].[C-]#[O+]. The molecular formula is C21H18CrO7. The van der Waals surface area contributed by atoms with Gasteiger partial charge < -0.3 is 0 Å². The van der Waals surface area contributed by atoms with Crippen LogP contribution in [0.5, 0.6) is 5.75 Å². The van der Waals surface area contributed by atoms with Gasteiger partial charge >= 0.3 is 173 Å². The third-order valence-corrected chi connectivity index (χ3v) is 2.91. The zero-order valence-corrected chi connectivity index (χ0v) is 17.1. The molecule has 29 heavy (non-hydrogen) atoms. The monoisotopic (exact) mass is 434 g/mol. The van der Waals surface area contributed by atoms with Crippen molar-refractivity contribution in [2.45, 2.75) is 19.8 Å². The molecule has 0 saturated carbocycles. The molecule has 0 unspecified atom stereocenters. The van der Waals surface area contributed by atoms with Gasteiger partial charge in [0.25, 0.3) is 0 Å². The molecule has 0 amide bonds. The molecule has 8 heteroatoms. The molecule has 0 radical (unpaired) electrons. The van der Waals surface area contributed by atoms with Crippen LogP contribution in [0.1, 0.15) is 18.9 Å². The van der Waals surface area contributed by atoms with Crippen LogP contribution in [0.4, 0.5) is 0 Å². The Morgan fingerprint density at radius 3 is 2.07 bits per heavy atom. The van der Waals surface area contributed by atoms with Crippen molar-refractivity contribution < 1.29 is 48.6 Å². The Kier molecular flexibility index (Phi) is 51.5. The molecule has 0 aromatic heterocycles. The molecular weight excluding hydrogens is 416 g/mol. The van der Waals surface area contributed by atoms with Gasteiger partial charge in [-0.2, -0.15) is 0 Å². The van der Waals surface area contributed by atoms with Gasteiger partial charge in [-0.3, -0.25) is 0 Å². The summed E-state index contributed by atoms with van der Waals surface area (Å²) < 4.78 is 48.8. The third kappa shape index (κ3) is 30.4. The summed E-state index contributed by atoms with van der Waals surface area (Å²) in [5.74, 6) is 6.57. The van der Waals surface area contributed by atoms with E-state index < -0.39 is 0 Å². The predicted octanol–water partition coefficient (Wildman–Crippen LogP) is 2.71. The van der Waals surface area contributed by atoms with Crippen LogP contribution < -0.4 is 4.74 Å². The summed E-state index contributed by atoms with van der Waals surface area (Å²) in [5.41, 5.74) is 1.26. The van der Waals surface area contributed by atoms with Gasteiger partial charge in [-0.15, -0.1) is 0 Å². The van der Waals surface area contributed by atoms with Gasteiger partial charge in [-0.1, -0.05) is 0 Å². The maximum atomic E-state index is 7.50. The molecule has 0 bridgehead atoms. The minimum absolute atomic E-state index is 0.442. The molecule has 1 aromatic rings. The van der Waals surface area contributed by atoms with E-state index in [2.05, 4.69) is 79.2 Å². The number of rotatable bonds is 7. The van der Waals surface area contributed by atoms with E-state index >= 15 is 0 Å². The fourth-order valence-corrected chi connectivity index (χ4v) is 1.63. The number of methoxy groups -OCH3 is 1. The van der Waals surface area contributed by atoms with E-state index in [1.54, 1.807) is 7.11 Å². The molecule has 0 fully saturated rings. The Morgan fingerprint density at radius 2 is 1.59 bits per heavy atom. The second-order valence-electron chi connectivity index (χ2n) is 3.83. The van der Waals surface area contributed by atoms with Gasteiger partial charge in [0.1, 0.15) is 0 Å². The van der Waals surface area contributed by atoms with Crippen LogP contribution in [0.25, 0.3) is 0 Å². The Hall–Kier alpha value is -2.62. The van der Waals surface area contributed by atoms with E-state index in [1.807, 2.05) is 25.1 Å². The number of hydrogen-bond acceptors (Lipinski definition) is 2. The van der Waals surface area contributed by atoms with Crippen LogP contribution in [0.2, 0.25) is 0 Å². The van der Waals surface area contributed by atoms with E-state index in [0.717, 1.165) is 23.2 Å². The van der Waals surface area contributed by atoms with Crippen molar-refractivity contribution in [2.75, 3.05) is 13.7 Å². The molecule has 0 N–H and O–H groups in total. The van der Waals surface area contributed by atoms with Gasteiger partial charge in [-0.05, 0) is 6.92 Å². The second kappa shape index (κ2) is 40.2. The van der Waals surface area contributed by atoms with Crippen molar-refractivity contribution in [3.05, 3.63) is 75.2 Å². The molecule has 0 aliphatic rings. The summed E-state index contributed by atoms with van der Waals surface area (Å²) in [6.07, 6.45) is 5.97. The maximum absolute atomic E-state index is 7.50. The molecule has 0 aliphatic carbocycles. The molecule has 0 spiro atoms. The van der Waals surface area contributed by atoms with Crippen LogP contribution in [0.15, 0.2) is 36.4 Å². The first-order valence-corrected chi connectivity index (χ1v) is 7.78. The fraction of sp³-hybridized carbons (Fsp3) is 0.238. The van der Waals surface area contributed by atoms with Crippen molar-refractivity contribution in [3.8, 4) is 17.6 Å². The third-order valence-electron chi connectivity index (χ3n) is 2.44. The average Bonchev–Trinajstić information content (AvgIpc) is 2.83. The van der Waals surface area contributed by atoms with Gasteiger partial charge in [0, 0.05) is 0 Å². The van der Waals surface area contributed by atoms with Crippen molar-refractivity contribution in [2.24, 2.45) is 0 Å². The van der Waals surface area contributed by atoms with Crippen LogP contribution in [-0.4, -0.2) is 18.3 Å². The molecule has 150 valence electrons. The van der Waals surface area contributed by atoms with Crippen molar-refractivity contribution in [3.63, 3.8) is 0 Å². The summed E-state index contributed by atoms with van der Waals surface area (Å²) in [4.78, 5) is 0. The second-order valence-corrected chi connectivity index (χ2v) is 4.46. The summed E-state index contributed by atoms with van der Waals surface area (Å²) in [7, 11) is 1.65. The first-order valence-electron chi connectivity index (χ1n) is 7.14. The molecule has 0 aliphatic heterocycles. The van der Waals surface area contributed by atoms with Crippen molar-refractivity contribution in [1.82, 2.24) is 0 Å². The van der Waals surface area contributed by atoms with Gasteiger partial charge in [0.05, 0.1) is 0 Å². The van der Waals surface area contributed by atoms with E-state index in [-0.39, 0.29) is 0 Å². The van der Waals surface area contributed by atoms with Crippen LogP contribution >= 0.6 is 0 Å². The Balaban J connectivity index is -0.000000167. The van der Waals surface area contributed by atoms with Crippen LogP contribution in [-0.2, 0) is 50.3 Å². The average molecular weight is 434 g/mol. The molecule has 7 nitrogen and oxygen atoms in total. The topological polar surface area (TPSA) is 118 Å². The first-order chi connectivity index (χ1) is 14.3. The molecule has 0 atom stereocenters. The Labute approximate surface area is 179 Å². The zero-order chi connectivity index (χ0) is 23.9. The molecule has 1 aromatic carbocycles. The summed E-state index contributed by atoms with van der Waals surface area (Å²) >= 11 is 2.84. The summed E-state index contributed by atoms with van der Waals surface area (Å²) in [6, 6.07) is 8.12. The zero-order valence-electron chi connectivity index (χ0n) is 15.9. The van der Waals surface area contributed by atoms with Gasteiger partial charge in [0.2, 0.25) is 0 Å². The van der Waals surface area contributed by atoms with E-state index in [1.165, 1.54) is 5.56 Å². The fourth-order valence-electron chi connectivity index (χ4n) is 1.48. The van der Waals surface area contributed by atoms with Gasteiger partial charge in [-0.25, -0.2) is 0 Å². The molecule has 0 saturated heterocycles. The Morgan fingerprint density at radius 1 is 1.03 bits per heavy atom. The Bertz CT molecular complexity index is 667. The van der Waals surface area contributed by atoms with E-state index in [0.29, 0.717) is 6.61 Å². The van der Waals surface area contributed by atoms with Gasteiger partial charge in [0.15, 0.2) is 0 Å². The number of hydrogen-bond donors (Lipinski definition) is 0. The number of aryl methyl sites for hydroxylation is 1. The molecule has 1 rings (SSSR count). The van der Waals surface area contributed by atoms with E-state index in [4.69, 9.17) is 32.7 Å². The van der Waals surface area contributed by atoms with Crippen molar-refractivity contribution in [1.29, 1.82) is 0 Å². The normalized spacial score (nSPS) is 6.90. The minimum atomic E-state index is 0.442. The van der Waals surface area contributed by atoms with Crippen LogP contribution in [0.3, 0.4) is 0 Å². The molecule has 0 heterocycles. The first kappa shape index (κ1) is 37.2. The van der Waals surface area contributed by atoms with Crippen molar-refractivity contribution >= 4 is 4.57 Å².